The van der Waals surface area contributed by atoms with Crippen LogP contribution in [0.25, 0.3) is 0 Å². The van der Waals surface area contributed by atoms with Crippen LogP contribution >= 0.6 is 0 Å². The molecule has 3 aliphatic rings. The molecular weight excluding hydrogens is 428 g/mol. The summed E-state index contributed by atoms with van der Waals surface area (Å²) in [5.41, 5.74) is 0.199. The Hall–Kier alpha value is -3.02. The fourth-order valence-corrected chi connectivity index (χ4v) is 5.24. The molecule has 182 valence electrons. The van der Waals surface area contributed by atoms with Gasteiger partial charge in [0, 0.05) is 70.3 Å². The molecule has 12 heteroatoms. The number of carbonyl (C=O) groups excluding carboxylic acids is 4. The van der Waals surface area contributed by atoms with E-state index < -0.39 is 5.54 Å². The van der Waals surface area contributed by atoms with E-state index in [1.54, 1.807) is 6.20 Å². The van der Waals surface area contributed by atoms with Crippen molar-refractivity contribution in [3.63, 3.8) is 0 Å². The molecule has 3 fully saturated rings. The van der Waals surface area contributed by atoms with Crippen molar-refractivity contribution in [2.24, 2.45) is 0 Å². The highest BCUT2D eigenvalue weighted by Gasteiger charge is 2.54. The zero-order valence-corrected chi connectivity index (χ0v) is 19.7. The molecule has 4 N–H and O–H groups in total. The van der Waals surface area contributed by atoms with Gasteiger partial charge in [-0.25, -0.2) is 4.68 Å². The lowest BCUT2D eigenvalue weighted by Gasteiger charge is -2.60. The highest BCUT2D eigenvalue weighted by molar-refractivity contribution is 5.77. The Morgan fingerprint density at radius 3 is 1.73 bits per heavy atom. The first kappa shape index (κ1) is 24.6. The predicted octanol–water partition coefficient (Wildman–Crippen LogP) is -1.54. The van der Waals surface area contributed by atoms with Crippen LogP contribution in [0.5, 0.6) is 0 Å². The molecule has 4 heterocycles. The van der Waals surface area contributed by atoms with Gasteiger partial charge in [0.2, 0.25) is 23.6 Å². The minimum absolute atomic E-state index is 0.0510. The van der Waals surface area contributed by atoms with Crippen LogP contribution in [0.2, 0.25) is 0 Å². The molecule has 1 aromatic heterocycles. The number of hydrogen-bond acceptors (Lipinski definition) is 7. The van der Waals surface area contributed by atoms with Crippen LogP contribution in [0.3, 0.4) is 0 Å². The zero-order valence-electron chi connectivity index (χ0n) is 19.7. The third-order valence-electron chi connectivity index (χ3n) is 6.27. The lowest BCUT2D eigenvalue weighted by Crippen LogP contribution is -2.75. The molecule has 2 bridgehead atoms. The minimum atomic E-state index is -0.531. The van der Waals surface area contributed by atoms with E-state index in [-0.39, 0.29) is 48.3 Å². The molecule has 0 saturated carbocycles. The SMILES string of the molecule is CC(=O)NCC1CC2(NC(=O)Cn3cc(C)nn3)C[C@@H](CNC(C)=O)N1[C@@H](CNC(C)=O)C2. The molecule has 1 aromatic rings. The van der Waals surface area contributed by atoms with Crippen molar-refractivity contribution in [2.75, 3.05) is 19.6 Å². The van der Waals surface area contributed by atoms with Crippen LogP contribution in [0.4, 0.5) is 0 Å². The Bertz CT molecular complexity index is 831. The van der Waals surface area contributed by atoms with E-state index in [0.29, 0.717) is 38.9 Å². The second kappa shape index (κ2) is 10.3. The van der Waals surface area contributed by atoms with Crippen LogP contribution in [0, 0.1) is 6.92 Å². The Morgan fingerprint density at radius 1 is 0.909 bits per heavy atom. The van der Waals surface area contributed by atoms with Gasteiger partial charge in [0.15, 0.2) is 0 Å². The zero-order chi connectivity index (χ0) is 24.2. The number of nitrogens with one attached hydrogen (secondary N) is 4. The molecule has 3 saturated heterocycles. The number of amides is 4. The van der Waals surface area contributed by atoms with Gasteiger partial charge in [-0.15, -0.1) is 5.10 Å². The molecule has 3 aliphatic heterocycles. The molecule has 0 aliphatic carbocycles. The monoisotopic (exact) mass is 462 g/mol. The summed E-state index contributed by atoms with van der Waals surface area (Å²) in [4.78, 5) is 50.1. The highest BCUT2D eigenvalue weighted by Crippen LogP contribution is 2.43. The summed E-state index contributed by atoms with van der Waals surface area (Å²) in [6, 6.07) is -0.159. The second-order valence-corrected chi connectivity index (χ2v) is 9.22. The molecule has 0 spiro atoms. The summed E-state index contributed by atoms with van der Waals surface area (Å²) in [5.74, 6) is -0.567. The first-order valence-corrected chi connectivity index (χ1v) is 11.3. The van der Waals surface area contributed by atoms with Crippen LogP contribution in [0.15, 0.2) is 6.20 Å². The van der Waals surface area contributed by atoms with Crippen molar-refractivity contribution < 1.29 is 19.2 Å². The van der Waals surface area contributed by atoms with E-state index in [1.807, 2.05) is 6.92 Å². The largest absolute Gasteiger partial charge is 0.355 e. The maximum absolute atomic E-state index is 13.0. The van der Waals surface area contributed by atoms with Crippen LogP contribution in [-0.4, -0.2) is 86.8 Å². The van der Waals surface area contributed by atoms with E-state index >= 15 is 0 Å². The fourth-order valence-electron chi connectivity index (χ4n) is 5.24. The molecule has 0 aromatic carbocycles. The number of aromatic nitrogens is 3. The van der Waals surface area contributed by atoms with Gasteiger partial charge in [-0.1, -0.05) is 5.21 Å². The Kier molecular flexibility index (Phi) is 7.67. The predicted molar refractivity (Wildman–Crippen MR) is 119 cm³/mol. The van der Waals surface area contributed by atoms with Crippen molar-refractivity contribution >= 4 is 23.6 Å². The van der Waals surface area contributed by atoms with Gasteiger partial charge in [0.25, 0.3) is 0 Å². The normalized spacial score (nSPS) is 28.1. The average molecular weight is 463 g/mol. The van der Waals surface area contributed by atoms with E-state index in [0.717, 1.165) is 5.69 Å². The maximum Gasteiger partial charge on any atom is 0.242 e. The van der Waals surface area contributed by atoms with Crippen molar-refractivity contribution in [1.82, 2.24) is 41.2 Å². The van der Waals surface area contributed by atoms with Gasteiger partial charge in [0.05, 0.1) is 5.69 Å². The Labute approximate surface area is 193 Å². The molecule has 4 amide bonds. The van der Waals surface area contributed by atoms with E-state index in [1.165, 1.54) is 25.5 Å². The minimum Gasteiger partial charge on any atom is -0.355 e. The van der Waals surface area contributed by atoms with Gasteiger partial charge in [-0.3, -0.25) is 24.1 Å². The van der Waals surface area contributed by atoms with Gasteiger partial charge < -0.3 is 21.3 Å². The van der Waals surface area contributed by atoms with Crippen LogP contribution in [0.1, 0.15) is 45.7 Å². The quantitative estimate of drug-likeness (QED) is 0.347. The van der Waals surface area contributed by atoms with Crippen LogP contribution < -0.4 is 21.3 Å². The number of carbonyl (C=O) groups is 4. The number of hydrogen-bond donors (Lipinski definition) is 4. The van der Waals surface area contributed by atoms with Crippen LogP contribution in [-0.2, 0) is 25.7 Å². The number of rotatable bonds is 9. The molecule has 12 nitrogen and oxygen atoms in total. The molecule has 5 atom stereocenters. The number of aryl methyl sites for hydroxylation is 1. The molecule has 0 radical (unpaired) electrons. The van der Waals surface area contributed by atoms with E-state index in [4.69, 9.17) is 0 Å². The maximum atomic E-state index is 13.0. The van der Waals surface area contributed by atoms with Crippen molar-refractivity contribution in [3.05, 3.63) is 11.9 Å². The van der Waals surface area contributed by atoms with Crippen molar-refractivity contribution in [1.29, 1.82) is 0 Å². The smallest absolute Gasteiger partial charge is 0.242 e. The topological polar surface area (TPSA) is 150 Å². The highest BCUT2D eigenvalue weighted by atomic mass is 16.2. The summed E-state index contributed by atoms with van der Waals surface area (Å²) >= 11 is 0. The molecule has 4 rings (SSSR count). The van der Waals surface area contributed by atoms with Gasteiger partial charge in [-0.05, 0) is 26.2 Å². The first-order chi connectivity index (χ1) is 15.6. The summed E-state index contributed by atoms with van der Waals surface area (Å²) in [6.45, 7) is 7.53. The third-order valence-corrected chi connectivity index (χ3v) is 6.27. The number of nitrogens with zero attached hydrogens (tertiary/aromatic N) is 4. The summed E-state index contributed by atoms with van der Waals surface area (Å²) in [6.07, 6.45) is 3.67. The fraction of sp³-hybridized carbons (Fsp3) is 0.714. The van der Waals surface area contributed by atoms with Crippen molar-refractivity contribution in [2.45, 2.75) is 77.2 Å². The number of fused-ring (bicyclic) bond motifs is 3. The van der Waals surface area contributed by atoms with Gasteiger partial charge in [0.1, 0.15) is 6.54 Å². The Balaban J connectivity index is 1.84. The molecular formula is C21H34N8O4. The van der Waals surface area contributed by atoms with E-state index in [2.05, 4.69) is 36.5 Å². The lowest BCUT2D eigenvalue weighted by atomic mass is 9.69. The molecule has 3 unspecified atom stereocenters. The third kappa shape index (κ3) is 6.50. The van der Waals surface area contributed by atoms with Crippen molar-refractivity contribution in [3.8, 4) is 0 Å². The first-order valence-electron chi connectivity index (χ1n) is 11.3. The summed E-state index contributed by atoms with van der Waals surface area (Å²) in [5, 5.41) is 19.8. The molecule has 33 heavy (non-hydrogen) atoms. The number of piperidine rings is 3. The summed E-state index contributed by atoms with van der Waals surface area (Å²) in [7, 11) is 0. The lowest BCUT2D eigenvalue weighted by molar-refractivity contribution is -0.133. The van der Waals surface area contributed by atoms with Gasteiger partial charge in [-0.2, -0.15) is 0 Å². The average Bonchev–Trinajstić information content (AvgIpc) is 3.13. The Morgan fingerprint density at radius 2 is 1.36 bits per heavy atom. The summed E-state index contributed by atoms with van der Waals surface area (Å²) < 4.78 is 1.50. The standard InChI is InChI=1S/C21H34N8O4/c1-13-11-28(27-26-13)12-20(33)25-21-5-17(8-22-14(2)30)29(18(6-21)9-23-15(3)31)19(7-21)10-24-16(4)32/h11,17-19H,5-10,12H2,1-4H3,(H,22,30)(H,23,31)(H,24,32)(H,25,33)/t17-,18+,19?,21?. The van der Waals surface area contributed by atoms with E-state index in [9.17, 15) is 19.2 Å². The van der Waals surface area contributed by atoms with Gasteiger partial charge >= 0.3 is 0 Å². The second-order valence-electron chi connectivity index (χ2n) is 9.22.